The highest BCUT2D eigenvalue weighted by Crippen LogP contribution is 2.28. The first-order valence-electron chi connectivity index (χ1n) is 10.2. The molecule has 13 heteroatoms. The Morgan fingerprint density at radius 1 is 1.30 bits per heavy atom. The number of aliphatic hydroxyl groups is 1. The number of ether oxygens (including phenoxy) is 1. The van der Waals surface area contributed by atoms with Crippen molar-refractivity contribution in [3.05, 3.63) is 45.9 Å². The summed E-state index contributed by atoms with van der Waals surface area (Å²) in [4.78, 5) is 18.0. The molecule has 33 heavy (non-hydrogen) atoms. The van der Waals surface area contributed by atoms with E-state index in [-0.39, 0.29) is 29.4 Å². The molecule has 9 nitrogen and oxygen atoms in total. The number of nitrogens with zero attached hydrogens (tertiary/aromatic N) is 5. The van der Waals surface area contributed by atoms with Gasteiger partial charge < -0.3 is 29.8 Å². The van der Waals surface area contributed by atoms with Gasteiger partial charge >= 0.3 is 17.5 Å². The maximum atomic E-state index is 12.3. The number of piperidine rings is 1. The lowest BCUT2D eigenvalue weighted by Gasteiger charge is -2.40. The van der Waals surface area contributed by atoms with Gasteiger partial charge in [0.15, 0.2) is 0 Å². The molecule has 2 aromatic rings. The van der Waals surface area contributed by atoms with Crippen LogP contribution < -0.4 is 9.64 Å². The second-order valence-electron chi connectivity index (χ2n) is 8.43. The van der Waals surface area contributed by atoms with Crippen LogP contribution in [0.5, 0.6) is 5.75 Å². The van der Waals surface area contributed by atoms with E-state index in [9.17, 15) is 28.4 Å². The van der Waals surface area contributed by atoms with E-state index in [1.807, 2.05) is 11.9 Å². The summed E-state index contributed by atoms with van der Waals surface area (Å²) in [5, 5.41) is 21.7. The molecular weight excluding hydrogens is 467 g/mol. The number of rotatable bonds is 8. The lowest BCUT2D eigenvalue weighted by Crippen LogP contribution is -2.49. The minimum absolute atomic E-state index is 0.0439. The number of anilines is 1. The van der Waals surface area contributed by atoms with Gasteiger partial charge in [-0.2, -0.15) is 0 Å². The Kier molecular flexibility index (Phi) is 7.39. The molecular formula is C20H25ClF3N5O4. The molecule has 1 fully saturated rings. The van der Waals surface area contributed by atoms with Gasteiger partial charge in [-0.25, -0.2) is 0 Å². The summed E-state index contributed by atoms with van der Waals surface area (Å²) in [5.41, 5.74) is -0.396. The smallest absolute Gasteiger partial charge is 0.406 e. The number of likely N-dealkylation sites (N-methyl/N-ethyl adjacent to an activating group) is 1. The highest BCUT2D eigenvalue weighted by molar-refractivity contribution is 6.28. The average molecular weight is 492 g/mol. The first-order chi connectivity index (χ1) is 15.3. The van der Waals surface area contributed by atoms with Crippen LogP contribution in [-0.4, -0.2) is 69.2 Å². The lowest BCUT2D eigenvalue weighted by molar-refractivity contribution is -0.389. The third-order valence-corrected chi connectivity index (χ3v) is 5.83. The number of halogens is 4. The first-order valence-corrected chi connectivity index (χ1v) is 10.6. The molecule has 3 rings (SSSR count). The van der Waals surface area contributed by atoms with Crippen molar-refractivity contribution in [3.8, 4) is 5.75 Å². The van der Waals surface area contributed by atoms with Crippen molar-refractivity contribution in [2.45, 2.75) is 44.3 Å². The number of alkyl halides is 3. The van der Waals surface area contributed by atoms with Crippen LogP contribution in [-0.2, 0) is 6.54 Å². The summed E-state index contributed by atoms with van der Waals surface area (Å²) in [5.74, 6) is -0.638. The topological polar surface area (TPSA) is 96.9 Å². The highest BCUT2D eigenvalue weighted by atomic mass is 35.5. The van der Waals surface area contributed by atoms with E-state index in [1.54, 1.807) is 19.1 Å². The molecule has 1 N–H and O–H groups in total. The van der Waals surface area contributed by atoms with Crippen LogP contribution in [0, 0.1) is 10.1 Å². The molecule has 1 aromatic heterocycles. The molecule has 0 spiro atoms. The third kappa shape index (κ3) is 6.95. The minimum atomic E-state index is -4.72. The van der Waals surface area contributed by atoms with E-state index in [2.05, 4.69) is 14.6 Å². The van der Waals surface area contributed by atoms with Crippen molar-refractivity contribution >= 4 is 23.1 Å². The number of nitro groups is 1. The van der Waals surface area contributed by atoms with Crippen LogP contribution in [0.15, 0.2) is 30.5 Å². The summed E-state index contributed by atoms with van der Waals surface area (Å²) >= 11 is 5.95. The number of benzene rings is 1. The van der Waals surface area contributed by atoms with E-state index in [0.29, 0.717) is 19.6 Å². The molecule has 0 amide bonds. The zero-order valence-corrected chi connectivity index (χ0v) is 18.9. The summed E-state index contributed by atoms with van der Waals surface area (Å²) in [6.07, 6.45) is -1.93. The van der Waals surface area contributed by atoms with Gasteiger partial charge in [0.1, 0.15) is 11.9 Å². The SMILES string of the molecule is CN(C[C@](C)(O)Cn1cc([N+](=O)[O-])nc1Cl)C1CCN(c2ccc(OC(F)(F)F)cc2)CC1. The van der Waals surface area contributed by atoms with Crippen LogP contribution in [0.3, 0.4) is 0 Å². The van der Waals surface area contributed by atoms with Gasteiger partial charge in [-0.3, -0.25) is 4.57 Å². The van der Waals surface area contributed by atoms with E-state index in [0.717, 1.165) is 18.5 Å². The fourth-order valence-corrected chi connectivity index (χ4v) is 4.28. The molecule has 1 aromatic carbocycles. The zero-order valence-electron chi connectivity index (χ0n) is 18.1. The second kappa shape index (κ2) is 9.74. The van der Waals surface area contributed by atoms with Gasteiger partial charge in [-0.05, 0) is 72.6 Å². The van der Waals surface area contributed by atoms with Gasteiger partial charge in [-0.1, -0.05) is 0 Å². The fraction of sp³-hybridized carbons (Fsp3) is 0.550. The van der Waals surface area contributed by atoms with Crippen LogP contribution >= 0.6 is 11.6 Å². The van der Waals surface area contributed by atoms with Gasteiger partial charge in [-0.15, -0.1) is 13.2 Å². The zero-order chi connectivity index (χ0) is 24.4. The molecule has 2 heterocycles. The Morgan fingerprint density at radius 2 is 1.91 bits per heavy atom. The van der Waals surface area contributed by atoms with Crippen molar-refractivity contribution < 1.29 is 27.9 Å². The summed E-state index contributed by atoms with van der Waals surface area (Å²) < 4.78 is 42.2. The molecule has 1 saturated heterocycles. The van der Waals surface area contributed by atoms with Crippen LogP contribution in [0.1, 0.15) is 19.8 Å². The average Bonchev–Trinajstić information content (AvgIpc) is 3.07. The monoisotopic (exact) mass is 491 g/mol. The molecule has 1 aliphatic heterocycles. The van der Waals surface area contributed by atoms with Gasteiger partial charge in [0.05, 0.1) is 12.1 Å². The Morgan fingerprint density at radius 3 is 2.42 bits per heavy atom. The maximum absolute atomic E-state index is 12.3. The molecule has 0 aliphatic carbocycles. The number of hydrogen-bond donors (Lipinski definition) is 1. The minimum Gasteiger partial charge on any atom is -0.406 e. The van der Waals surface area contributed by atoms with E-state index in [4.69, 9.17) is 11.6 Å². The number of aromatic nitrogens is 2. The molecule has 0 radical (unpaired) electrons. The van der Waals surface area contributed by atoms with Crippen LogP contribution in [0.4, 0.5) is 24.7 Å². The predicted octanol–water partition coefficient (Wildman–Crippen LogP) is 3.70. The quantitative estimate of drug-likeness (QED) is 0.444. The van der Waals surface area contributed by atoms with Crippen molar-refractivity contribution in [2.75, 3.05) is 31.6 Å². The number of imidazole rings is 1. The molecule has 0 saturated carbocycles. The molecule has 182 valence electrons. The van der Waals surface area contributed by atoms with Gasteiger partial charge in [0.2, 0.25) is 0 Å². The van der Waals surface area contributed by atoms with Crippen LogP contribution in [0.25, 0.3) is 0 Å². The predicted molar refractivity (Wildman–Crippen MR) is 116 cm³/mol. The van der Waals surface area contributed by atoms with E-state index < -0.39 is 16.9 Å². The van der Waals surface area contributed by atoms with E-state index >= 15 is 0 Å². The Balaban J connectivity index is 1.52. The fourth-order valence-electron chi connectivity index (χ4n) is 4.09. The molecule has 0 bridgehead atoms. The van der Waals surface area contributed by atoms with E-state index in [1.165, 1.54) is 22.9 Å². The van der Waals surface area contributed by atoms with Gasteiger partial charge in [0, 0.05) is 31.4 Å². The summed E-state index contributed by atoms with van der Waals surface area (Å²) in [6, 6.07) is 5.98. The Labute approximate surface area is 193 Å². The second-order valence-corrected chi connectivity index (χ2v) is 8.76. The number of hydrogen-bond acceptors (Lipinski definition) is 7. The summed E-state index contributed by atoms with van der Waals surface area (Å²) in [7, 11) is 1.90. The summed E-state index contributed by atoms with van der Waals surface area (Å²) in [6.45, 7) is 3.39. The normalized spacial score (nSPS) is 17.3. The lowest BCUT2D eigenvalue weighted by atomic mass is 9.99. The Bertz CT molecular complexity index is 960. The van der Waals surface area contributed by atoms with Crippen molar-refractivity contribution in [1.82, 2.24) is 14.5 Å². The molecule has 1 aliphatic rings. The van der Waals surface area contributed by atoms with Gasteiger partial charge in [0.25, 0.3) is 0 Å². The molecule has 0 unspecified atom stereocenters. The van der Waals surface area contributed by atoms with Crippen molar-refractivity contribution in [2.24, 2.45) is 0 Å². The van der Waals surface area contributed by atoms with Crippen LogP contribution in [0.2, 0.25) is 5.28 Å². The first kappa shape index (κ1) is 25.1. The van der Waals surface area contributed by atoms with Crippen molar-refractivity contribution in [3.63, 3.8) is 0 Å². The highest BCUT2D eigenvalue weighted by Gasteiger charge is 2.32. The Hall–Kier alpha value is -2.57. The third-order valence-electron chi connectivity index (χ3n) is 5.53. The standard InChI is InChI=1S/C20H25ClF3N5O4/c1-19(30,13-28-11-17(29(31)32)25-18(28)21)12-26(2)14-7-9-27(10-8-14)15-3-5-16(6-4-15)33-20(22,23)24/h3-6,11,14,30H,7-10,12-13H2,1-2H3/t19-/m0/s1. The largest absolute Gasteiger partial charge is 0.573 e. The maximum Gasteiger partial charge on any atom is 0.573 e. The molecule has 1 atom stereocenters. The van der Waals surface area contributed by atoms with Crippen molar-refractivity contribution in [1.29, 1.82) is 0 Å².